The Balaban J connectivity index is 0. The third kappa shape index (κ3) is 9.78. The van der Waals surface area contributed by atoms with Crippen LogP contribution >= 0.6 is 27.5 Å². The summed E-state index contributed by atoms with van der Waals surface area (Å²) >= 11 is 9.12. The number of nitrogens with one attached hydrogen (secondary N) is 2. The van der Waals surface area contributed by atoms with Crippen molar-refractivity contribution in [2.24, 2.45) is 0 Å². The van der Waals surface area contributed by atoms with Gasteiger partial charge < -0.3 is 21.9 Å². The molecule has 9 nitrogen and oxygen atoms in total. The zero-order chi connectivity index (χ0) is 23.3. The molecule has 3 aromatic rings. The molecule has 3 rings (SSSR count). The van der Waals surface area contributed by atoms with Crippen molar-refractivity contribution in [3.8, 4) is 5.82 Å². The molecule has 0 saturated carbocycles. The van der Waals surface area contributed by atoms with Crippen LogP contribution in [0.2, 0.25) is 5.02 Å². The summed E-state index contributed by atoms with van der Waals surface area (Å²) in [6.45, 7) is 9.86. The number of hydrogen-bond donors (Lipinski definition) is 1. The van der Waals surface area contributed by atoms with E-state index in [-0.39, 0.29) is 44.5 Å². The number of nitrogen functional groups attached to an aromatic ring is 1. The SMILES string of the molecule is CC.CC.COC(C)c1c([NH-])cnc(N)c1Br.[NH-]c1cnc(-n2nccn2)c(Cl)c1.[Y]. The summed E-state index contributed by atoms with van der Waals surface area (Å²) in [6, 6.07) is 1.49. The van der Waals surface area contributed by atoms with Crippen molar-refractivity contribution in [3.63, 3.8) is 0 Å². The molecule has 12 heteroatoms. The standard InChI is InChI=1S/C8H11BrN3O.C7H5ClN5.2C2H6.Y/c1-4(13-2)6-5(10)3-12-8(11)7(6)9;8-6-3-5(9)4-10-7(6)13-11-1-2-12-13;2*1-2;/h3-4,10H,1-2H3,(H2,11,12);1-4,9H;2*1-2H3;/q2*-1;;;. The zero-order valence-corrected chi connectivity index (χ0v) is 23.7. The Bertz CT molecular complexity index is 884. The topological polar surface area (TPSA) is 139 Å². The third-order valence-electron chi connectivity index (χ3n) is 3.27. The van der Waals surface area contributed by atoms with Gasteiger partial charge in [-0.2, -0.15) is 10.2 Å². The van der Waals surface area contributed by atoms with E-state index >= 15 is 0 Å². The van der Waals surface area contributed by atoms with Gasteiger partial charge in [-0.05, 0) is 28.4 Å². The van der Waals surface area contributed by atoms with Gasteiger partial charge in [-0.1, -0.05) is 45.4 Å². The average Bonchev–Trinajstić information content (AvgIpc) is 3.29. The smallest absolute Gasteiger partial charge is 0.193 e. The molecule has 0 aromatic carbocycles. The van der Waals surface area contributed by atoms with Crippen molar-refractivity contribution in [1.82, 2.24) is 25.0 Å². The summed E-state index contributed by atoms with van der Waals surface area (Å²) in [6.07, 6.45) is 5.72. The number of nitrogens with zero attached hydrogens (tertiary/aromatic N) is 5. The summed E-state index contributed by atoms with van der Waals surface area (Å²) in [7, 11) is 1.59. The van der Waals surface area contributed by atoms with Crippen LogP contribution in [0.5, 0.6) is 0 Å². The maximum Gasteiger partial charge on any atom is 0.193 e. The Morgan fingerprint density at radius 1 is 1.10 bits per heavy atom. The Morgan fingerprint density at radius 3 is 2.13 bits per heavy atom. The predicted octanol–water partition coefficient (Wildman–Crippen LogP) is 6.87. The van der Waals surface area contributed by atoms with Crippen molar-refractivity contribution in [2.45, 2.75) is 40.7 Å². The van der Waals surface area contributed by atoms with E-state index < -0.39 is 0 Å². The number of ether oxygens (including phenoxy) is 1. The van der Waals surface area contributed by atoms with E-state index in [1.807, 2.05) is 34.6 Å². The van der Waals surface area contributed by atoms with Crippen LogP contribution in [0.25, 0.3) is 17.3 Å². The fourth-order valence-corrected chi connectivity index (χ4v) is 2.82. The first-order valence-corrected chi connectivity index (χ1v) is 10.4. The average molecular weight is 589 g/mol. The van der Waals surface area contributed by atoms with E-state index in [1.54, 1.807) is 7.11 Å². The van der Waals surface area contributed by atoms with Gasteiger partial charge in [-0.3, -0.25) is 0 Å². The van der Waals surface area contributed by atoms with Gasteiger partial charge in [0.25, 0.3) is 0 Å². The molecule has 0 saturated heterocycles. The van der Waals surface area contributed by atoms with E-state index in [0.717, 1.165) is 5.56 Å². The van der Waals surface area contributed by atoms with Gasteiger partial charge in [-0.25, -0.2) is 9.97 Å². The molecule has 31 heavy (non-hydrogen) atoms. The molecule has 0 spiro atoms. The third-order valence-corrected chi connectivity index (χ3v) is 4.39. The van der Waals surface area contributed by atoms with Crippen LogP contribution in [0.3, 0.4) is 0 Å². The molecule has 169 valence electrons. The van der Waals surface area contributed by atoms with Crippen LogP contribution in [-0.4, -0.2) is 32.1 Å². The Morgan fingerprint density at radius 2 is 1.65 bits per heavy atom. The molecule has 1 radical (unpaired) electrons. The van der Waals surface area contributed by atoms with Gasteiger partial charge in [0, 0.05) is 52.2 Å². The van der Waals surface area contributed by atoms with E-state index in [1.165, 1.54) is 35.7 Å². The second-order valence-corrected chi connectivity index (χ2v) is 6.21. The van der Waals surface area contributed by atoms with E-state index in [0.29, 0.717) is 26.8 Å². The maximum absolute atomic E-state index is 7.61. The molecule has 0 bridgehead atoms. The van der Waals surface area contributed by atoms with Crippen LogP contribution < -0.4 is 5.73 Å². The molecule has 0 fully saturated rings. The van der Waals surface area contributed by atoms with E-state index in [9.17, 15) is 0 Å². The second kappa shape index (κ2) is 17.3. The molecule has 0 aliphatic carbocycles. The number of hydrogen-bond acceptors (Lipinski definition) is 6. The molecular weight excluding hydrogens is 561 g/mol. The minimum absolute atomic E-state index is 0. The first-order chi connectivity index (χ1) is 14.3. The van der Waals surface area contributed by atoms with Crippen LogP contribution in [0, 0.1) is 0 Å². The molecule has 4 N–H and O–H groups in total. The predicted molar refractivity (Wildman–Crippen MR) is 127 cm³/mol. The molecule has 3 aromatic heterocycles. The molecule has 3 heterocycles. The Kier molecular flexibility index (Phi) is 17.7. The summed E-state index contributed by atoms with van der Waals surface area (Å²) in [5, 5.41) is 8.11. The zero-order valence-electron chi connectivity index (χ0n) is 18.5. The van der Waals surface area contributed by atoms with E-state index in [4.69, 9.17) is 33.5 Å². The minimum Gasteiger partial charge on any atom is -0.697 e. The van der Waals surface area contributed by atoms with Crippen molar-refractivity contribution in [2.75, 3.05) is 12.8 Å². The van der Waals surface area contributed by atoms with E-state index in [2.05, 4.69) is 36.1 Å². The van der Waals surface area contributed by atoms with Crippen LogP contribution in [0.1, 0.15) is 46.3 Å². The van der Waals surface area contributed by atoms with Crippen LogP contribution in [0.4, 0.5) is 17.2 Å². The maximum atomic E-state index is 7.61. The summed E-state index contributed by atoms with van der Waals surface area (Å²) in [5.41, 5.74) is 21.8. The van der Waals surface area contributed by atoms with Gasteiger partial charge in [0.15, 0.2) is 5.82 Å². The summed E-state index contributed by atoms with van der Waals surface area (Å²) in [5.74, 6) is 0.817. The van der Waals surface area contributed by atoms with Gasteiger partial charge >= 0.3 is 0 Å². The monoisotopic (exact) mass is 587 g/mol. The van der Waals surface area contributed by atoms with Crippen molar-refractivity contribution < 1.29 is 37.4 Å². The first-order valence-electron chi connectivity index (χ1n) is 9.27. The number of anilines is 1. The number of pyridine rings is 2. The molecule has 0 amide bonds. The molecule has 0 aliphatic heterocycles. The first kappa shape index (κ1) is 31.9. The molecule has 0 aliphatic rings. The van der Waals surface area contributed by atoms with Crippen molar-refractivity contribution in [3.05, 3.63) is 57.4 Å². The number of rotatable bonds is 3. The fraction of sp³-hybridized carbons (Fsp3) is 0.368. The number of nitrogens with two attached hydrogens (primary N) is 1. The molecular formula is C19H28BrClN8OY-2. The number of aromatic nitrogens is 5. The van der Waals surface area contributed by atoms with Crippen molar-refractivity contribution in [1.29, 1.82) is 0 Å². The second-order valence-electron chi connectivity index (χ2n) is 5.01. The van der Waals surface area contributed by atoms with Crippen LogP contribution in [0.15, 0.2) is 35.3 Å². The number of methoxy groups -OCH3 is 1. The Labute approximate surface area is 222 Å². The van der Waals surface area contributed by atoms with Gasteiger partial charge in [0.2, 0.25) is 0 Å². The van der Waals surface area contributed by atoms with Crippen LogP contribution in [-0.2, 0) is 37.4 Å². The summed E-state index contributed by atoms with van der Waals surface area (Å²) in [4.78, 5) is 9.09. The van der Waals surface area contributed by atoms with Gasteiger partial charge in [0.1, 0.15) is 5.82 Å². The van der Waals surface area contributed by atoms with Gasteiger partial charge in [0.05, 0.1) is 28.0 Å². The summed E-state index contributed by atoms with van der Waals surface area (Å²) < 4.78 is 5.77. The molecule has 1 unspecified atom stereocenters. The largest absolute Gasteiger partial charge is 0.697 e. The fourth-order valence-electron chi connectivity index (χ4n) is 1.93. The van der Waals surface area contributed by atoms with Crippen molar-refractivity contribution >= 4 is 44.7 Å². The van der Waals surface area contributed by atoms with Gasteiger partial charge in [-0.15, -0.1) is 16.2 Å². The minimum atomic E-state index is -0.160. The molecule has 1 atom stereocenters. The number of halogens is 2. The Hall–Kier alpha value is -1.33. The normalized spacial score (nSPS) is 10.1. The quantitative estimate of drug-likeness (QED) is 0.354.